The molecular weight excluding hydrogens is 708 g/mol. The van der Waals surface area contributed by atoms with Gasteiger partial charge in [0.15, 0.2) is 0 Å². The molecule has 12 heteroatoms. The number of nitrogens with zero attached hydrogens (tertiary/aromatic N) is 3. The number of halogens is 1. The van der Waals surface area contributed by atoms with Crippen molar-refractivity contribution in [3.63, 3.8) is 0 Å². The number of aromatic nitrogens is 1. The van der Waals surface area contributed by atoms with Crippen LogP contribution in [0.1, 0.15) is 59.6 Å². The topological polar surface area (TPSA) is 157 Å². The maximum atomic E-state index is 11.8. The van der Waals surface area contributed by atoms with Crippen LogP contribution in [-0.2, 0) is 24.6 Å². The number of ether oxygens (including phenoxy) is 3. The maximum absolute atomic E-state index is 11.8. The number of aliphatic hydroxyl groups is 2. The third-order valence-electron chi connectivity index (χ3n) is 10.0. The molecule has 0 bridgehead atoms. The van der Waals surface area contributed by atoms with Crippen LogP contribution in [0.4, 0.5) is 0 Å². The van der Waals surface area contributed by atoms with Crippen LogP contribution in [0.3, 0.4) is 0 Å². The number of likely N-dealkylation sites (tertiary alicyclic amines) is 1. The van der Waals surface area contributed by atoms with E-state index in [1.54, 1.807) is 24.4 Å². The normalized spacial score (nSPS) is 15.6. The number of piperidine rings is 1. The third-order valence-corrected chi connectivity index (χ3v) is 10.3. The Bertz CT molecular complexity index is 1950. The number of nitrogens with one attached hydrogen (secondary N) is 1. The van der Waals surface area contributed by atoms with Gasteiger partial charge in [0.05, 0.1) is 23.8 Å². The Balaban J connectivity index is 1.30. The number of carboxylic acids is 1. The number of rotatable bonds is 18. The van der Waals surface area contributed by atoms with E-state index in [1.807, 2.05) is 24.3 Å². The number of benzene rings is 3. The highest BCUT2D eigenvalue weighted by molar-refractivity contribution is 6.32. The van der Waals surface area contributed by atoms with Crippen molar-refractivity contribution in [2.75, 3.05) is 39.5 Å². The summed E-state index contributed by atoms with van der Waals surface area (Å²) >= 11 is 6.74. The van der Waals surface area contributed by atoms with Gasteiger partial charge in [0.2, 0.25) is 0 Å². The predicted octanol–water partition coefficient (Wildman–Crippen LogP) is 6.45. The smallest absolute Gasteiger partial charge is 0.326 e. The summed E-state index contributed by atoms with van der Waals surface area (Å²) < 4.78 is 18.7. The second kappa shape index (κ2) is 19.1. The van der Waals surface area contributed by atoms with Crippen molar-refractivity contribution in [3.05, 3.63) is 105 Å². The van der Waals surface area contributed by atoms with Gasteiger partial charge in [-0.3, -0.25) is 15.1 Å². The molecule has 1 aliphatic rings. The van der Waals surface area contributed by atoms with E-state index in [0.29, 0.717) is 45.7 Å². The lowest BCUT2D eigenvalue weighted by atomic mass is 9.93. The molecule has 54 heavy (non-hydrogen) atoms. The number of aliphatic hydroxyl groups excluding tert-OH is 2. The van der Waals surface area contributed by atoms with Gasteiger partial charge in [0, 0.05) is 55.8 Å². The Morgan fingerprint density at radius 3 is 2.50 bits per heavy atom. The molecule has 286 valence electrons. The van der Waals surface area contributed by atoms with Gasteiger partial charge >= 0.3 is 5.97 Å². The number of nitriles is 1. The van der Waals surface area contributed by atoms with E-state index < -0.39 is 18.1 Å². The number of hydrogen-bond acceptors (Lipinski definition) is 10. The van der Waals surface area contributed by atoms with E-state index in [2.05, 4.69) is 47.3 Å². The molecule has 0 saturated carbocycles. The predicted molar refractivity (Wildman–Crippen MR) is 207 cm³/mol. The highest BCUT2D eigenvalue weighted by Gasteiger charge is 2.32. The summed E-state index contributed by atoms with van der Waals surface area (Å²) in [4.78, 5) is 18.3. The van der Waals surface area contributed by atoms with Crippen LogP contribution in [0.25, 0.3) is 11.1 Å². The first-order valence-corrected chi connectivity index (χ1v) is 18.6. The summed E-state index contributed by atoms with van der Waals surface area (Å²) in [7, 11) is 0. The molecule has 11 nitrogen and oxygen atoms in total. The number of aliphatic carboxylic acids is 1. The van der Waals surface area contributed by atoms with Gasteiger partial charge in [-0.25, -0.2) is 0 Å². The SMILES string of the molecule is Cc1c(COc2cc(OCc3cncc(C#N)c3)c(CNC(C)(CO)C(=O)O)cc2Cl)cccc1-c1cccc(OCCCN2CCCC(CO)C2)c1C. The number of carboxylic acid groups (broad SMARTS) is 1. The Morgan fingerprint density at radius 1 is 1.00 bits per heavy atom. The minimum absolute atomic E-state index is 0.0297. The third kappa shape index (κ3) is 10.3. The fraction of sp³-hybridized carbons (Fsp3) is 0.405. The largest absolute Gasteiger partial charge is 0.493 e. The van der Waals surface area contributed by atoms with Crippen LogP contribution in [-0.4, -0.2) is 76.2 Å². The van der Waals surface area contributed by atoms with Gasteiger partial charge in [-0.15, -0.1) is 0 Å². The molecule has 1 fully saturated rings. The van der Waals surface area contributed by atoms with E-state index in [4.69, 9.17) is 25.8 Å². The van der Waals surface area contributed by atoms with Crippen molar-refractivity contribution in [2.45, 2.75) is 65.3 Å². The van der Waals surface area contributed by atoms with Crippen molar-refractivity contribution in [2.24, 2.45) is 5.92 Å². The second-order valence-corrected chi connectivity index (χ2v) is 14.4. The average molecular weight is 757 g/mol. The summed E-state index contributed by atoms with van der Waals surface area (Å²) in [5.41, 5.74) is 5.24. The van der Waals surface area contributed by atoms with E-state index in [0.717, 1.165) is 72.5 Å². The van der Waals surface area contributed by atoms with E-state index in [1.165, 1.54) is 13.1 Å². The summed E-state index contributed by atoms with van der Waals surface area (Å²) in [5, 5.41) is 41.4. The highest BCUT2D eigenvalue weighted by atomic mass is 35.5. The van der Waals surface area contributed by atoms with Crippen molar-refractivity contribution in [1.82, 2.24) is 15.2 Å². The van der Waals surface area contributed by atoms with E-state index in [-0.39, 0.29) is 26.4 Å². The summed E-state index contributed by atoms with van der Waals surface area (Å²) in [6.45, 7) is 9.08. The molecule has 3 aromatic carbocycles. The first-order chi connectivity index (χ1) is 26.0. The molecule has 5 rings (SSSR count). The number of hydrogen-bond donors (Lipinski definition) is 4. The monoisotopic (exact) mass is 756 g/mol. The molecule has 4 aromatic rings. The molecule has 0 amide bonds. The van der Waals surface area contributed by atoms with Crippen LogP contribution >= 0.6 is 11.6 Å². The van der Waals surface area contributed by atoms with Gasteiger partial charge in [-0.05, 0) is 98.5 Å². The summed E-state index contributed by atoms with van der Waals surface area (Å²) in [6.07, 6.45) is 6.20. The van der Waals surface area contributed by atoms with E-state index >= 15 is 0 Å². The fourth-order valence-corrected chi connectivity index (χ4v) is 6.80. The van der Waals surface area contributed by atoms with Crippen molar-refractivity contribution < 1.29 is 34.3 Å². The molecule has 0 spiro atoms. The van der Waals surface area contributed by atoms with Crippen LogP contribution in [0, 0.1) is 31.1 Å². The fourth-order valence-electron chi connectivity index (χ4n) is 6.56. The molecule has 2 heterocycles. The van der Waals surface area contributed by atoms with Crippen LogP contribution in [0.5, 0.6) is 17.2 Å². The lowest BCUT2D eigenvalue weighted by molar-refractivity contribution is -0.145. The zero-order valence-electron chi connectivity index (χ0n) is 31.1. The first-order valence-electron chi connectivity index (χ1n) is 18.2. The zero-order chi connectivity index (χ0) is 38.7. The lowest BCUT2D eigenvalue weighted by Gasteiger charge is -2.31. The quantitative estimate of drug-likeness (QED) is 0.0828. The highest BCUT2D eigenvalue weighted by Crippen LogP contribution is 2.36. The van der Waals surface area contributed by atoms with Crippen LogP contribution in [0.15, 0.2) is 67.0 Å². The maximum Gasteiger partial charge on any atom is 0.326 e. The summed E-state index contributed by atoms with van der Waals surface area (Å²) in [6, 6.07) is 19.3. The molecule has 2 atom stereocenters. The van der Waals surface area contributed by atoms with Gasteiger partial charge in [0.25, 0.3) is 0 Å². The summed E-state index contributed by atoms with van der Waals surface area (Å²) in [5.74, 6) is 0.784. The second-order valence-electron chi connectivity index (χ2n) is 14.0. The molecule has 2 unspecified atom stereocenters. The van der Waals surface area contributed by atoms with Crippen LogP contribution in [0.2, 0.25) is 5.02 Å². The Kier molecular flexibility index (Phi) is 14.3. The standard InChI is InChI=1S/C42H49ClN4O7/c1-28-33(9-4-10-35(28)36-11-5-12-38(29(36)2)52-15-7-14-47-13-6-8-30(23-47)24-48)26-54-40-18-39(53-25-32-16-31(19-44)20-45-21-32)34(17-37(40)43)22-46-42(3,27-49)41(50)51/h4-5,9-12,16-18,20-21,30,46,48-49H,6-8,13-15,22-27H2,1-3H3,(H,50,51). The average Bonchev–Trinajstić information content (AvgIpc) is 3.18. The van der Waals surface area contributed by atoms with Crippen LogP contribution < -0.4 is 19.5 Å². The molecule has 1 saturated heterocycles. The molecule has 1 aromatic heterocycles. The molecular formula is C42H49ClN4O7. The van der Waals surface area contributed by atoms with E-state index in [9.17, 15) is 25.4 Å². The van der Waals surface area contributed by atoms with Crippen molar-refractivity contribution in [1.29, 1.82) is 5.26 Å². The van der Waals surface area contributed by atoms with Gasteiger partial charge in [-0.1, -0.05) is 41.9 Å². The van der Waals surface area contributed by atoms with Crippen molar-refractivity contribution >= 4 is 17.6 Å². The number of pyridine rings is 1. The minimum Gasteiger partial charge on any atom is -0.493 e. The molecule has 0 aliphatic carbocycles. The van der Waals surface area contributed by atoms with Gasteiger partial charge < -0.3 is 34.4 Å². The molecule has 0 radical (unpaired) electrons. The zero-order valence-corrected chi connectivity index (χ0v) is 31.9. The minimum atomic E-state index is -1.59. The Morgan fingerprint density at radius 2 is 1.76 bits per heavy atom. The Labute approximate surface area is 322 Å². The van der Waals surface area contributed by atoms with Gasteiger partial charge in [-0.2, -0.15) is 5.26 Å². The Hall–Kier alpha value is -4.70. The van der Waals surface area contributed by atoms with Gasteiger partial charge in [0.1, 0.15) is 42.1 Å². The number of carbonyl (C=O) groups is 1. The first kappa shape index (κ1) is 40.5. The molecule has 4 N–H and O–H groups in total. The van der Waals surface area contributed by atoms with Crippen molar-refractivity contribution in [3.8, 4) is 34.4 Å². The lowest BCUT2D eigenvalue weighted by Crippen LogP contribution is -2.52. The molecule has 1 aliphatic heterocycles.